The van der Waals surface area contributed by atoms with Crippen LogP contribution in [0.1, 0.15) is 52.9 Å². The van der Waals surface area contributed by atoms with E-state index in [1.807, 2.05) is 30.3 Å². The number of hydrogen-bond donors (Lipinski definition) is 2. The third-order valence-corrected chi connectivity index (χ3v) is 9.15. The molecular formula is C33H38N6O6S. The van der Waals surface area contributed by atoms with Gasteiger partial charge in [-0.25, -0.2) is 27.9 Å². The number of nitrogens with two attached hydrogens (primary N) is 1. The Morgan fingerprint density at radius 1 is 0.913 bits per heavy atom. The monoisotopic (exact) mass is 646 g/mol. The first-order valence-electron chi connectivity index (χ1n) is 14.5. The van der Waals surface area contributed by atoms with Gasteiger partial charge in [-0.1, -0.05) is 57.2 Å². The van der Waals surface area contributed by atoms with Gasteiger partial charge in [0.25, 0.3) is 0 Å². The molecule has 2 atom stereocenters. The maximum Gasteiger partial charge on any atom is 0.416 e. The lowest BCUT2D eigenvalue weighted by Gasteiger charge is -2.37. The highest BCUT2D eigenvalue weighted by molar-refractivity contribution is 7.92. The Bertz CT molecular complexity index is 1790. The maximum atomic E-state index is 14.3. The molecule has 0 fully saturated rings. The van der Waals surface area contributed by atoms with Crippen LogP contribution in [0.5, 0.6) is 0 Å². The zero-order valence-electron chi connectivity index (χ0n) is 26.6. The number of carbonyl (C=O) groups is 2. The summed E-state index contributed by atoms with van der Waals surface area (Å²) in [6, 6.07) is 18.4. The highest BCUT2D eigenvalue weighted by Gasteiger charge is 2.47. The molecule has 2 unspecified atom stereocenters. The summed E-state index contributed by atoms with van der Waals surface area (Å²) in [7, 11) is -4.44. The first kappa shape index (κ1) is 34.1. The normalized spacial score (nSPS) is 14.2. The lowest BCUT2D eigenvalue weighted by molar-refractivity contribution is -0.141. The van der Waals surface area contributed by atoms with Gasteiger partial charge in [-0.2, -0.15) is 10.2 Å². The zero-order chi connectivity index (χ0) is 33.9. The van der Waals surface area contributed by atoms with E-state index in [0.717, 1.165) is 10.5 Å². The van der Waals surface area contributed by atoms with Crippen molar-refractivity contribution in [1.29, 1.82) is 0 Å². The number of aromatic nitrogens is 4. The molecular weight excluding hydrogens is 608 g/mol. The number of carbonyl (C=O) groups excluding carboxylic acids is 1. The summed E-state index contributed by atoms with van der Waals surface area (Å²) >= 11 is 0. The van der Waals surface area contributed by atoms with Gasteiger partial charge in [-0.05, 0) is 62.6 Å². The minimum Gasteiger partial charge on any atom is -0.480 e. The Hall–Kier alpha value is -4.75. The maximum absolute atomic E-state index is 14.3. The van der Waals surface area contributed by atoms with Crippen LogP contribution in [0.15, 0.2) is 90.1 Å². The standard InChI is InChI=1S/C33H38N6O6S/c1-31(2,3)28(29(40)41)39(30(42)45-32(4,5)6)27-16-10-15-26(36-27)33(34,46(43,44)24-14-11-19-35-21-24)20-23-17-18-25(38-37-23)22-12-8-7-9-13-22/h7-19,21,28H,20,34H2,1-6H3,(H,40,41). The van der Waals surface area contributed by atoms with Crippen molar-refractivity contribution in [3.63, 3.8) is 0 Å². The van der Waals surface area contributed by atoms with E-state index in [0.29, 0.717) is 5.69 Å². The van der Waals surface area contributed by atoms with Crippen molar-refractivity contribution in [3.05, 3.63) is 96.6 Å². The van der Waals surface area contributed by atoms with E-state index in [1.54, 1.807) is 53.7 Å². The Balaban J connectivity index is 1.89. The molecule has 0 radical (unpaired) electrons. The largest absolute Gasteiger partial charge is 0.480 e. The predicted molar refractivity (Wildman–Crippen MR) is 172 cm³/mol. The number of amides is 1. The minimum atomic E-state index is -4.44. The van der Waals surface area contributed by atoms with E-state index in [4.69, 9.17) is 10.5 Å². The fraction of sp³-hybridized carbons (Fsp3) is 0.333. The van der Waals surface area contributed by atoms with Crippen molar-refractivity contribution < 1.29 is 27.9 Å². The van der Waals surface area contributed by atoms with Crippen LogP contribution in [-0.4, -0.2) is 57.4 Å². The number of anilines is 1. The summed E-state index contributed by atoms with van der Waals surface area (Å²) in [4.78, 5) is 33.2. The summed E-state index contributed by atoms with van der Waals surface area (Å²) in [6.45, 7) is 9.92. The van der Waals surface area contributed by atoms with Crippen LogP contribution in [-0.2, 0) is 30.7 Å². The second kappa shape index (κ2) is 12.9. The molecule has 3 N–H and O–H groups in total. The molecule has 0 bridgehead atoms. The van der Waals surface area contributed by atoms with Gasteiger partial charge >= 0.3 is 12.1 Å². The lowest BCUT2D eigenvalue weighted by Crippen LogP contribution is -2.54. The third-order valence-electron chi connectivity index (χ3n) is 6.97. The molecule has 3 heterocycles. The van der Waals surface area contributed by atoms with Crippen molar-refractivity contribution in [2.24, 2.45) is 11.1 Å². The van der Waals surface area contributed by atoms with E-state index in [-0.39, 0.29) is 28.5 Å². The Labute approximate surface area is 268 Å². The fourth-order valence-electron chi connectivity index (χ4n) is 4.83. The third kappa shape index (κ3) is 7.37. The van der Waals surface area contributed by atoms with Gasteiger partial charge in [0.15, 0.2) is 4.87 Å². The van der Waals surface area contributed by atoms with Crippen molar-refractivity contribution in [1.82, 2.24) is 20.2 Å². The van der Waals surface area contributed by atoms with Crippen molar-refractivity contribution >= 4 is 27.7 Å². The predicted octanol–water partition coefficient (Wildman–Crippen LogP) is 5.00. The molecule has 4 aromatic rings. The molecule has 12 nitrogen and oxygen atoms in total. The summed E-state index contributed by atoms with van der Waals surface area (Å²) in [6.07, 6.45) is 1.27. The van der Waals surface area contributed by atoms with E-state index in [1.165, 1.54) is 42.7 Å². The molecule has 1 amide bonds. The van der Waals surface area contributed by atoms with Crippen LogP contribution >= 0.6 is 0 Å². The molecule has 0 aliphatic rings. The number of nitrogens with zero attached hydrogens (tertiary/aromatic N) is 5. The van der Waals surface area contributed by atoms with Crippen LogP contribution in [0.3, 0.4) is 0 Å². The van der Waals surface area contributed by atoms with Gasteiger partial charge in [0, 0.05) is 24.4 Å². The number of ether oxygens (including phenoxy) is 1. The molecule has 242 valence electrons. The fourth-order valence-corrected chi connectivity index (χ4v) is 6.43. The van der Waals surface area contributed by atoms with Crippen LogP contribution in [0.25, 0.3) is 11.3 Å². The van der Waals surface area contributed by atoms with Gasteiger partial charge in [0.1, 0.15) is 17.5 Å². The minimum absolute atomic E-state index is 0.157. The molecule has 1 aromatic carbocycles. The average Bonchev–Trinajstić information content (AvgIpc) is 2.99. The van der Waals surface area contributed by atoms with Crippen molar-refractivity contribution in [3.8, 4) is 11.3 Å². The van der Waals surface area contributed by atoms with Gasteiger partial charge in [0.05, 0.1) is 22.0 Å². The van der Waals surface area contributed by atoms with E-state index >= 15 is 0 Å². The second-order valence-electron chi connectivity index (χ2n) is 12.9. The van der Waals surface area contributed by atoms with Crippen LogP contribution in [0.2, 0.25) is 0 Å². The number of rotatable bonds is 9. The van der Waals surface area contributed by atoms with Crippen LogP contribution in [0.4, 0.5) is 10.6 Å². The quantitative estimate of drug-likeness (QED) is 0.250. The topological polar surface area (TPSA) is 179 Å². The van der Waals surface area contributed by atoms with Gasteiger partial charge in [0.2, 0.25) is 9.84 Å². The highest BCUT2D eigenvalue weighted by atomic mass is 32.2. The number of benzene rings is 1. The van der Waals surface area contributed by atoms with Gasteiger partial charge in [-0.3, -0.25) is 4.98 Å². The molecule has 3 aromatic heterocycles. The molecule has 0 spiro atoms. The Kier molecular flexibility index (Phi) is 9.59. The summed E-state index contributed by atoms with van der Waals surface area (Å²) in [5.41, 5.74) is 6.42. The van der Waals surface area contributed by atoms with Crippen molar-refractivity contribution in [2.75, 3.05) is 4.90 Å². The summed E-state index contributed by atoms with van der Waals surface area (Å²) in [5, 5.41) is 18.8. The van der Waals surface area contributed by atoms with E-state index in [9.17, 15) is 23.1 Å². The number of aliphatic carboxylic acids is 1. The molecule has 4 rings (SSSR count). The first-order chi connectivity index (χ1) is 21.4. The van der Waals surface area contributed by atoms with Gasteiger partial charge in [-0.15, -0.1) is 0 Å². The molecule has 13 heteroatoms. The SMILES string of the molecule is CC(C)(C)OC(=O)N(c1cccc(C(N)(Cc2ccc(-c3ccccc3)nn2)S(=O)(=O)c2cccnc2)n1)C(C(=O)O)C(C)(C)C. The Morgan fingerprint density at radius 3 is 2.15 bits per heavy atom. The lowest BCUT2D eigenvalue weighted by atomic mass is 9.85. The number of carboxylic acids is 1. The van der Waals surface area contributed by atoms with Crippen molar-refractivity contribution in [2.45, 2.75) is 69.4 Å². The van der Waals surface area contributed by atoms with E-state index in [2.05, 4.69) is 20.2 Å². The molecule has 0 saturated heterocycles. The Morgan fingerprint density at radius 2 is 1.61 bits per heavy atom. The molecule has 46 heavy (non-hydrogen) atoms. The number of pyridine rings is 2. The number of sulfone groups is 1. The average molecular weight is 647 g/mol. The smallest absolute Gasteiger partial charge is 0.416 e. The summed E-state index contributed by atoms with van der Waals surface area (Å²) in [5.74, 6) is -1.46. The number of carboxylic acid groups (broad SMARTS) is 1. The molecule has 0 saturated carbocycles. The number of hydrogen-bond acceptors (Lipinski definition) is 10. The molecule has 0 aliphatic carbocycles. The summed E-state index contributed by atoms with van der Waals surface area (Å²) < 4.78 is 34.2. The first-order valence-corrected chi connectivity index (χ1v) is 16.0. The molecule has 0 aliphatic heterocycles. The van der Waals surface area contributed by atoms with Crippen LogP contribution in [0, 0.1) is 5.41 Å². The zero-order valence-corrected chi connectivity index (χ0v) is 27.4. The highest BCUT2D eigenvalue weighted by Crippen LogP contribution is 2.36. The second-order valence-corrected chi connectivity index (χ2v) is 15.1. The van der Waals surface area contributed by atoms with Gasteiger partial charge < -0.3 is 15.6 Å². The van der Waals surface area contributed by atoms with E-state index < -0.39 is 43.8 Å². The van der Waals surface area contributed by atoms with Crippen LogP contribution < -0.4 is 10.6 Å².